The average molecular weight is 293 g/mol. The normalized spacial score (nSPS) is 18.4. The van der Waals surface area contributed by atoms with Gasteiger partial charge in [0.25, 0.3) is 0 Å². The standard InChI is InChI=1S/C20H23NO/c1-15(16-9-4-3-5-10-16)21(2)20(22)19-14-8-12-17-11-6-7-13-18(17)19/h3-7,9-11,13,15,19H,8,12,14H2,1-2H3. The van der Waals surface area contributed by atoms with Crippen molar-refractivity contribution in [2.75, 3.05) is 7.05 Å². The van der Waals surface area contributed by atoms with Crippen molar-refractivity contribution in [2.24, 2.45) is 0 Å². The SMILES string of the molecule is CC(c1ccccc1)N(C)C(=O)C1CCCc2ccccc21. The number of likely N-dealkylation sites (N-methyl/N-ethyl adjacent to an activating group) is 1. The van der Waals surface area contributed by atoms with Crippen molar-refractivity contribution < 1.29 is 4.79 Å². The Labute approximate surface area is 132 Å². The summed E-state index contributed by atoms with van der Waals surface area (Å²) in [5.41, 5.74) is 3.75. The summed E-state index contributed by atoms with van der Waals surface area (Å²) in [7, 11) is 1.93. The maximum absolute atomic E-state index is 13.0. The van der Waals surface area contributed by atoms with Crippen LogP contribution in [0.25, 0.3) is 0 Å². The van der Waals surface area contributed by atoms with Gasteiger partial charge in [-0.25, -0.2) is 0 Å². The number of amides is 1. The number of carbonyl (C=O) groups is 1. The van der Waals surface area contributed by atoms with Crippen LogP contribution in [0, 0.1) is 0 Å². The second-order valence-corrected chi connectivity index (χ2v) is 6.18. The van der Waals surface area contributed by atoms with E-state index < -0.39 is 0 Å². The average Bonchev–Trinajstić information content (AvgIpc) is 2.60. The Bertz CT molecular complexity index is 650. The minimum atomic E-state index is 0.0149. The van der Waals surface area contributed by atoms with Gasteiger partial charge in [0.1, 0.15) is 0 Å². The maximum Gasteiger partial charge on any atom is 0.230 e. The van der Waals surface area contributed by atoms with Crippen molar-refractivity contribution in [1.29, 1.82) is 0 Å². The van der Waals surface area contributed by atoms with E-state index >= 15 is 0 Å². The molecule has 2 unspecified atom stereocenters. The van der Waals surface area contributed by atoms with E-state index in [1.54, 1.807) is 0 Å². The Morgan fingerprint density at radius 3 is 2.55 bits per heavy atom. The monoisotopic (exact) mass is 293 g/mol. The molecule has 22 heavy (non-hydrogen) atoms. The van der Waals surface area contributed by atoms with Gasteiger partial charge in [0, 0.05) is 7.05 Å². The maximum atomic E-state index is 13.0. The van der Waals surface area contributed by atoms with Crippen LogP contribution in [0.15, 0.2) is 54.6 Å². The molecule has 2 atom stereocenters. The number of hydrogen-bond donors (Lipinski definition) is 0. The molecule has 0 heterocycles. The van der Waals surface area contributed by atoms with Crippen LogP contribution in [0.3, 0.4) is 0 Å². The zero-order valence-corrected chi connectivity index (χ0v) is 13.3. The van der Waals surface area contributed by atoms with Crippen LogP contribution in [0.1, 0.15) is 48.4 Å². The Morgan fingerprint density at radius 2 is 1.77 bits per heavy atom. The van der Waals surface area contributed by atoms with Crippen LogP contribution in [0.5, 0.6) is 0 Å². The van der Waals surface area contributed by atoms with Crippen molar-refractivity contribution in [3.05, 3.63) is 71.3 Å². The van der Waals surface area contributed by atoms with Gasteiger partial charge >= 0.3 is 0 Å². The van der Waals surface area contributed by atoms with Gasteiger partial charge in [-0.05, 0) is 42.9 Å². The van der Waals surface area contributed by atoms with E-state index in [1.165, 1.54) is 16.7 Å². The number of aryl methyl sites for hydroxylation is 1. The molecule has 0 saturated carbocycles. The number of nitrogens with zero attached hydrogens (tertiary/aromatic N) is 1. The van der Waals surface area contributed by atoms with Gasteiger partial charge in [0.05, 0.1) is 12.0 Å². The van der Waals surface area contributed by atoms with E-state index in [9.17, 15) is 4.79 Å². The van der Waals surface area contributed by atoms with Crippen molar-refractivity contribution >= 4 is 5.91 Å². The molecule has 0 N–H and O–H groups in total. The molecule has 1 aliphatic carbocycles. The third-order valence-electron chi connectivity index (χ3n) is 4.88. The third kappa shape index (κ3) is 2.78. The van der Waals surface area contributed by atoms with Gasteiger partial charge < -0.3 is 4.90 Å². The summed E-state index contributed by atoms with van der Waals surface area (Å²) < 4.78 is 0. The summed E-state index contributed by atoms with van der Waals surface area (Å²) in [6.45, 7) is 2.10. The second-order valence-electron chi connectivity index (χ2n) is 6.18. The third-order valence-corrected chi connectivity index (χ3v) is 4.88. The highest BCUT2D eigenvalue weighted by Crippen LogP contribution is 2.34. The minimum Gasteiger partial charge on any atom is -0.338 e. The van der Waals surface area contributed by atoms with Gasteiger partial charge in [-0.15, -0.1) is 0 Å². The molecule has 114 valence electrons. The summed E-state index contributed by atoms with van der Waals surface area (Å²) in [6.07, 6.45) is 3.15. The lowest BCUT2D eigenvalue weighted by Crippen LogP contribution is -2.35. The predicted molar refractivity (Wildman–Crippen MR) is 89.7 cm³/mol. The molecular formula is C20H23NO. The highest BCUT2D eigenvalue weighted by molar-refractivity contribution is 5.84. The molecule has 3 rings (SSSR count). The molecule has 2 heteroatoms. The van der Waals surface area contributed by atoms with E-state index in [1.807, 2.05) is 36.2 Å². The van der Waals surface area contributed by atoms with Crippen LogP contribution in [0.4, 0.5) is 0 Å². The first-order valence-electron chi connectivity index (χ1n) is 8.08. The molecule has 1 amide bonds. The fourth-order valence-corrected chi connectivity index (χ4v) is 3.40. The number of fused-ring (bicyclic) bond motifs is 1. The lowest BCUT2D eigenvalue weighted by Gasteiger charge is -2.32. The Balaban J connectivity index is 1.82. The van der Waals surface area contributed by atoms with Crippen LogP contribution in [-0.4, -0.2) is 17.9 Å². The molecule has 0 saturated heterocycles. The van der Waals surface area contributed by atoms with Crippen LogP contribution in [-0.2, 0) is 11.2 Å². The molecule has 1 aliphatic rings. The van der Waals surface area contributed by atoms with Crippen LogP contribution >= 0.6 is 0 Å². The smallest absolute Gasteiger partial charge is 0.230 e. The number of carbonyl (C=O) groups excluding carboxylic acids is 1. The van der Waals surface area contributed by atoms with Crippen molar-refractivity contribution in [3.63, 3.8) is 0 Å². The Kier molecular flexibility index (Phi) is 4.28. The van der Waals surface area contributed by atoms with Gasteiger partial charge in [0.2, 0.25) is 5.91 Å². The Hall–Kier alpha value is -2.09. The predicted octanol–water partition coefficient (Wildman–Crippen LogP) is 4.33. The minimum absolute atomic E-state index is 0.0149. The fourth-order valence-electron chi connectivity index (χ4n) is 3.40. The molecular weight excluding hydrogens is 270 g/mol. The number of rotatable bonds is 3. The highest BCUT2D eigenvalue weighted by atomic mass is 16.2. The highest BCUT2D eigenvalue weighted by Gasteiger charge is 2.30. The zero-order valence-electron chi connectivity index (χ0n) is 13.3. The van der Waals surface area contributed by atoms with E-state index in [4.69, 9.17) is 0 Å². The first-order chi connectivity index (χ1) is 10.7. The van der Waals surface area contributed by atoms with Crippen molar-refractivity contribution in [1.82, 2.24) is 4.90 Å². The lowest BCUT2D eigenvalue weighted by molar-refractivity contribution is -0.133. The summed E-state index contributed by atoms with van der Waals surface area (Å²) in [5, 5.41) is 0. The molecule has 0 aliphatic heterocycles. The molecule has 0 radical (unpaired) electrons. The first kappa shape index (κ1) is 14.8. The summed E-state index contributed by atoms with van der Waals surface area (Å²) in [6, 6.07) is 18.7. The molecule has 2 aromatic carbocycles. The first-order valence-corrected chi connectivity index (χ1v) is 8.08. The second kappa shape index (κ2) is 6.35. The van der Waals surface area contributed by atoms with Gasteiger partial charge in [-0.3, -0.25) is 4.79 Å². The van der Waals surface area contributed by atoms with E-state index in [-0.39, 0.29) is 17.9 Å². The van der Waals surface area contributed by atoms with Gasteiger partial charge in [-0.1, -0.05) is 54.6 Å². The van der Waals surface area contributed by atoms with Gasteiger partial charge in [0.15, 0.2) is 0 Å². The topological polar surface area (TPSA) is 20.3 Å². The van der Waals surface area contributed by atoms with E-state index in [0.717, 1.165) is 19.3 Å². The molecule has 2 nitrogen and oxygen atoms in total. The molecule has 0 bridgehead atoms. The number of benzene rings is 2. The quantitative estimate of drug-likeness (QED) is 0.825. The molecule has 0 aromatic heterocycles. The van der Waals surface area contributed by atoms with Crippen molar-refractivity contribution in [3.8, 4) is 0 Å². The summed E-state index contributed by atoms with van der Waals surface area (Å²) in [4.78, 5) is 14.9. The zero-order chi connectivity index (χ0) is 15.5. The Morgan fingerprint density at radius 1 is 1.09 bits per heavy atom. The molecule has 2 aromatic rings. The molecule has 0 fully saturated rings. The fraction of sp³-hybridized carbons (Fsp3) is 0.350. The number of hydrogen-bond acceptors (Lipinski definition) is 1. The van der Waals surface area contributed by atoms with E-state index in [2.05, 4.69) is 37.3 Å². The van der Waals surface area contributed by atoms with Gasteiger partial charge in [-0.2, -0.15) is 0 Å². The van der Waals surface area contributed by atoms with Crippen molar-refractivity contribution in [2.45, 2.75) is 38.1 Å². The summed E-state index contributed by atoms with van der Waals surface area (Å²) >= 11 is 0. The molecule has 0 spiro atoms. The largest absolute Gasteiger partial charge is 0.338 e. The van der Waals surface area contributed by atoms with Crippen LogP contribution in [0.2, 0.25) is 0 Å². The van der Waals surface area contributed by atoms with E-state index in [0.29, 0.717) is 0 Å². The lowest BCUT2D eigenvalue weighted by atomic mass is 9.82. The van der Waals surface area contributed by atoms with Crippen LogP contribution < -0.4 is 0 Å². The summed E-state index contributed by atoms with van der Waals surface area (Å²) in [5.74, 6) is 0.254.